The molecule has 1 aromatic heterocycles. The molecule has 16 heavy (non-hydrogen) atoms. The average Bonchev–Trinajstić information content (AvgIpc) is 2.71. The van der Waals surface area contributed by atoms with Crippen LogP contribution in [0.4, 0.5) is 0 Å². The van der Waals surface area contributed by atoms with Gasteiger partial charge in [0.15, 0.2) is 0 Å². The van der Waals surface area contributed by atoms with Crippen molar-refractivity contribution in [2.75, 3.05) is 26.7 Å². The Morgan fingerprint density at radius 1 is 1.31 bits per heavy atom. The Bertz CT molecular complexity index is 292. The molecule has 1 N–H and O–H groups in total. The van der Waals surface area contributed by atoms with Gasteiger partial charge in [-0.3, -0.25) is 0 Å². The van der Waals surface area contributed by atoms with Gasteiger partial charge in [-0.15, -0.1) is 11.3 Å². The highest BCUT2D eigenvalue weighted by Gasteiger charge is 2.12. The summed E-state index contributed by atoms with van der Waals surface area (Å²) >= 11 is 1.91. The molecule has 0 spiro atoms. The molecule has 1 rings (SSSR count). The van der Waals surface area contributed by atoms with Gasteiger partial charge >= 0.3 is 0 Å². The molecule has 0 aliphatic carbocycles. The lowest BCUT2D eigenvalue weighted by atomic mass is 10.1. The summed E-state index contributed by atoms with van der Waals surface area (Å²) in [5, 5.41) is 3.42. The van der Waals surface area contributed by atoms with Crippen molar-refractivity contribution in [1.82, 2.24) is 10.2 Å². The van der Waals surface area contributed by atoms with Gasteiger partial charge in [0.2, 0.25) is 0 Å². The molecule has 0 amide bonds. The van der Waals surface area contributed by atoms with Crippen LogP contribution in [0.3, 0.4) is 0 Å². The molecule has 0 aliphatic heterocycles. The Labute approximate surface area is 104 Å². The third-order valence-electron chi connectivity index (χ3n) is 3.08. The molecular weight excluding hydrogens is 216 g/mol. The van der Waals surface area contributed by atoms with Crippen LogP contribution in [0.5, 0.6) is 0 Å². The van der Waals surface area contributed by atoms with Crippen LogP contribution in [0.15, 0.2) is 12.1 Å². The van der Waals surface area contributed by atoms with Crippen molar-refractivity contribution in [2.24, 2.45) is 0 Å². The number of hydrogen-bond donors (Lipinski definition) is 1. The molecule has 0 bridgehead atoms. The van der Waals surface area contributed by atoms with Crippen molar-refractivity contribution < 1.29 is 0 Å². The number of hydrogen-bond acceptors (Lipinski definition) is 3. The minimum atomic E-state index is 0.513. The second-order valence-corrected chi connectivity index (χ2v) is 5.42. The predicted molar refractivity (Wildman–Crippen MR) is 73.3 cm³/mol. The highest BCUT2D eigenvalue weighted by atomic mass is 32.1. The van der Waals surface area contributed by atoms with E-state index < -0.39 is 0 Å². The summed E-state index contributed by atoms with van der Waals surface area (Å²) in [7, 11) is 2.06. The molecule has 3 heteroatoms. The predicted octanol–water partition coefficient (Wildman–Crippen LogP) is 3.05. The molecule has 1 unspecified atom stereocenters. The standard InChI is InChI=1S/C13H24N2S/c1-5-15(6-2)10-9-12(14-4)13-8-7-11(3)16-13/h7-8,12,14H,5-6,9-10H2,1-4H3. The lowest BCUT2D eigenvalue weighted by Crippen LogP contribution is -2.27. The summed E-state index contributed by atoms with van der Waals surface area (Å²) in [6.07, 6.45) is 1.19. The highest BCUT2D eigenvalue weighted by molar-refractivity contribution is 7.12. The van der Waals surface area contributed by atoms with E-state index in [1.807, 2.05) is 11.3 Å². The van der Waals surface area contributed by atoms with Crippen LogP contribution in [0.1, 0.15) is 36.1 Å². The Kier molecular flexibility index (Phi) is 6.03. The van der Waals surface area contributed by atoms with Gasteiger partial charge in [-0.1, -0.05) is 13.8 Å². The first-order valence-electron chi connectivity index (χ1n) is 6.17. The van der Waals surface area contributed by atoms with Crippen LogP contribution in [0, 0.1) is 6.92 Å². The van der Waals surface area contributed by atoms with E-state index in [1.54, 1.807) is 0 Å². The number of nitrogens with one attached hydrogen (secondary N) is 1. The fourth-order valence-electron chi connectivity index (χ4n) is 1.92. The van der Waals surface area contributed by atoms with Gasteiger partial charge < -0.3 is 10.2 Å². The molecule has 1 atom stereocenters. The normalized spacial score (nSPS) is 13.3. The molecule has 1 heterocycles. The maximum atomic E-state index is 3.42. The van der Waals surface area contributed by atoms with E-state index in [4.69, 9.17) is 0 Å². The van der Waals surface area contributed by atoms with Crippen molar-refractivity contribution in [2.45, 2.75) is 33.2 Å². The summed E-state index contributed by atoms with van der Waals surface area (Å²) in [5.74, 6) is 0. The topological polar surface area (TPSA) is 15.3 Å². The zero-order valence-electron chi connectivity index (χ0n) is 10.9. The first-order valence-corrected chi connectivity index (χ1v) is 6.98. The van der Waals surface area contributed by atoms with Crippen LogP contribution in [0.25, 0.3) is 0 Å². The van der Waals surface area contributed by atoms with Gasteiger partial charge in [0, 0.05) is 15.8 Å². The molecule has 0 saturated carbocycles. The lowest BCUT2D eigenvalue weighted by Gasteiger charge is -2.21. The Balaban J connectivity index is 2.49. The zero-order chi connectivity index (χ0) is 12.0. The van der Waals surface area contributed by atoms with E-state index in [-0.39, 0.29) is 0 Å². The first kappa shape index (κ1) is 13.7. The Hall–Kier alpha value is -0.380. The van der Waals surface area contributed by atoms with E-state index in [2.05, 4.69) is 50.2 Å². The molecule has 0 aromatic carbocycles. The average molecular weight is 240 g/mol. The van der Waals surface area contributed by atoms with Crippen molar-refractivity contribution in [3.8, 4) is 0 Å². The van der Waals surface area contributed by atoms with Gasteiger partial charge in [0.25, 0.3) is 0 Å². The molecule has 2 nitrogen and oxygen atoms in total. The van der Waals surface area contributed by atoms with Crippen LogP contribution < -0.4 is 5.32 Å². The fraction of sp³-hybridized carbons (Fsp3) is 0.692. The van der Waals surface area contributed by atoms with Crippen molar-refractivity contribution >= 4 is 11.3 Å². The van der Waals surface area contributed by atoms with E-state index in [0.717, 1.165) is 13.1 Å². The number of nitrogens with zero attached hydrogens (tertiary/aromatic N) is 1. The van der Waals surface area contributed by atoms with Crippen LogP contribution in [0.2, 0.25) is 0 Å². The van der Waals surface area contributed by atoms with Gasteiger partial charge in [-0.05, 0) is 52.2 Å². The summed E-state index contributed by atoms with van der Waals surface area (Å²) in [4.78, 5) is 5.34. The van der Waals surface area contributed by atoms with Crippen molar-refractivity contribution in [3.63, 3.8) is 0 Å². The summed E-state index contributed by atoms with van der Waals surface area (Å²) in [5.41, 5.74) is 0. The fourth-order valence-corrected chi connectivity index (χ4v) is 2.94. The number of rotatable bonds is 7. The summed E-state index contributed by atoms with van der Waals surface area (Å²) in [6.45, 7) is 10.1. The molecule has 0 aliphatic rings. The molecule has 1 aromatic rings. The maximum absolute atomic E-state index is 3.42. The van der Waals surface area contributed by atoms with E-state index in [9.17, 15) is 0 Å². The minimum absolute atomic E-state index is 0.513. The summed E-state index contributed by atoms with van der Waals surface area (Å²) in [6, 6.07) is 4.98. The molecule has 0 fully saturated rings. The zero-order valence-corrected chi connectivity index (χ0v) is 11.7. The number of thiophene rings is 1. The maximum Gasteiger partial charge on any atom is 0.0424 e. The van der Waals surface area contributed by atoms with E-state index in [1.165, 1.54) is 22.7 Å². The Morgan fingerprint density at radius 2 is 2.00 bits per heavy atom. The number of aryl methyl sites for hydroxylation is 1. The SMILES string of the molecule is CCN(CC)CCC(NC)c1ccc(C)s1. The van der Waals surface area contributed by atoms with E-state index in [0.29, 0.717) is 6.04 Å². The first-order chi connectivity index (χ1) is 7.71. The van der Waals surface area contributed by atoms with Crippen molar-refractivity contribution in [3.05, 3.63) is 21.9 Å². The third-order valence-corrected chi connectivity index (χ3v) is 4.20. The monoisotopic (exact) mass is 240 g/mol. The molecule has 0 radical (unpaired) electrons. The molecule has 92 valence electrons. The smallest absolute Gasteiger partial charge is 0.0424 e. The highest BCUT2D eigenvalue weighted by Crippen LogP contribution is 2.24. The largest absolute Gasteiger partial charge is 0.312 e. The lowest BCUT2D eigenvalue weighted by molar-refractivity contribution is 0.285. The second-order valence-electron chi connectivity index (χ2n) is 4.11. The quantitative estimate of drug-likeness (QED) is 0.788. The second kappa shape index (κ2) is 7.05. The van der Waals surface area contributed by atoms with Crippen molar-refractivity contribution in [1.29, 1.82) is 0 Å². The minimum Gasteiger partial charge on any atom is -0.312 e. The van der Waals surface area contributed by atoms with Gasteiger partial charge in [-0.2, -0.15) is 0 Å². The van der Waals surface area contributed by atoms with Crippen LogP contribution in [-0.2, 0) is 0 Å². The van der Waals surface area contributed by atoms with E-state index >= 15 is 0 Å². The third kappa shape index (κ3) is 3.89. The van der Waals surface area contributed by atoms with Gasteiger partial charge in [0.1, 0.15) is 0 Å². The van der Waals surface area contributed by atoms with Gasteiger partial charge in [-0.25, -0.2) is 0 Å². The molecule has 0 saturated heterocycles. The Morgan fingerprint density at radius 3 is 2.44 bits per heavy atom. The molecular formula is C13H24N2S. The van der Waals surface area contributed by atoms with Gasteiger partial charge in [0.05, 0.1) is 0 Å². The van der Waals surface area contributed by atoms with Crippen LogP contribution >= 0.6 is 11.3 Å². The van der Waals surface area contributed by atoms with Crippen LogP contribution in [-0.4, -0.2) is 31.6 Å². The summed E-state index contributed by atoms with van der Waals surface area (Å²) < 4.78 is 0.